The highest BCUT2D eigenvalue weighted by Gasteiger charge is 2.15. The summed E-state index contributed by atoms with van der Waals surface area (Å²) in [4.78, 5) is 6.96. The van der Waals surface area contributed by atoms with Crippen LogP contribution in [0.25, 0.3) is 0 Å². The molecule has 2 aromatic carbocycles. The Bertz CT molecular complexity index is 916. The number of aryl methyl sites for hydroxylation is 1. The lowest BCUT2D eigenvalue weighted by Crippen LogP contribution is -2.32. The lowest BCUT2D eigenvalue weighted by molar-refractivity contribution is 0.438. The zero-order valence-electron chi connectivity index (χ0n) is 16.4. The molecule has 0 atom stereocenters. The molecular formula is C22H26N6. The maximum absolute atomic E-state index is 4.51. The van der Waals surface area contributed by atoms with Crippen molar-refractivity contribution in [1.29, 1.82) is 0 Å². The summed E-state index contributed by atoms with van der Waals surface area (Å²) in [5, 5.41) is 14.6. The smallest absolute Gasteiger partial charge is 0.249 e. The van der Waals surface area contributed by atoms with Crippen molar-refractivity contribution < 1.29 is 0 Å². The molecule has 28 heavy (non-hydrogen) atoms. The number of benzene rings is 2. The molecule has 0 bridgehead atoms. The molecule has 1 saturated heterocycles. The van der Waals surface area contributed by atoms with Gasteiger partial charge in [-0.1, -0.05) is 19.1 Å². The molecule has 0 amide bonds. The summed E-state index contributed by atoms with van der Waals surface area (Å²) in [5.74, 6) is 1.96. The first-order valence-electron chi connectivity index (χ1n) is 9.81. The third-order valence-electron chi connectivity index (χ3n) is 5.12. The van der Waals surface area contributed by atoms with Crippen LogP contribution < -0.4 is 15.5 Å². The number of nitrogens with zero attached hydrogens (tertiary/aromatic N) is 4. The first-order valence-corrected chi connectivity index (χ1v) is 9.81. The van der Waals surface area contributed by atoms with E-state index in [1.165, 1.54) is 24.1 Å². The minimum absolute atomic E-state index is 0.470. The van der Waals surface area contributed by atoms with Crippen molar-refractivity contribution in [1.82, 2.24) is 15.2 Å². The Hall–Kier alpha value is -3.15. The van der Waals surface area contributed by atoms with Crippen molar-refractivity contribution in [2.75, 3.05) is 28.6 Å². The third kappa shape index (κ3) is 4.57. The van der Waals surface area contributed by atoms with Crippen LogP contribution in [0.3, 0.4) is 0 Å². The first-order chi connectivity index (χ1) is 13.7. The van der Waals surface area contributed by atoms with Gasteiger partial charge in [-0.25, -0.2) is 0 Å². The SMILES string of the molecule is Cc1cccc(Nc2cnnc(Nc3ccc(N4CCC(C)CC4)cc3)n2)c1. The minimum atomic E-state index is 0.470. The summed E-state index contributed by atoms with van der Waals surface area (Å²) in [6, 6.07) is 16.6. The fraction of sp³-hybridized carbons (Fsp3) is 0.318. The molecule has 1 aliphatic heterocycles. The minimum Gasteiger partial charge on any atom is -0.372 e. The fourth-order valence-electron chi connectivity index (χ4n) is 3.44. The molecule has 2 N–H and O–H groups in total. The predicted octanol–water partition coefficient (Wildman–Crippen LogP) is 4.90. The Kier molecular flexibility index (Phi) is 5.37. The second-order valence-corrected chi connectivity index (χ2v) is 7.50. The summed E-state index contributed by atoms with van der Waals surface area (Å²) in [5.41, 5.74) is 4.38. The highest BCUT2D eigenvalue weighted by molar-refractivity contribution is 5.61. The van der Waals surface area contributed by atoms with E-state index >= 15 is 0 Å². The fourth-order valence-corrected chi connectivity index (χ4v) is 3.44. The zero-order valence-corrected chi connectivity index (χ0v) is 16.4. The van der Waals surface area contributed by atoms with E-state index < -0.39 is 0 Å². The van der Waals surface area contributed by atoms with Gasteiger partial charge in [-0.05, 0) is 67.6 Å². The van der Waals surface area contributed by atoms with E-state index in [9.17, 15) is 0 Å². The van der Waals surface area contributed by atoms with Crippen molar-refractivity contribution in [3.63, 3.8) is 0 Å². The number of hydrogen-bond acceptors (Lipinski definition) is 6. The van der Waals surface area contributed by atoms with Gasteiger partial charge in [-0.2, -0.15) is 10.1 Å². The van der Waals surface area contributed by atoms with Crippen molar-refractivity contribution in [2.24, 2.45) is 5.92 Å². The van der Waals surface area contributed by atoms with Crippen LogP contribution in [-0.4, -0.2) is 28.3 Å². The molecular weight excluding hydrogens is 348 g/mol. The van der Waals surface area contributed by atoms with Gasteiger partial charge in [0.1, 0.15) is 0 Å². The maximum Gasteiger partial charge on any atom is 0.249 e. The second-order valence-electron chi connectivity index (χ2n) is 7.50. The van der Waals surface area contributed by atoms with Gasteiger partial charge in [0.25, 0.3) is 0 Å². The third-order valence-corrected chi connectivity index (χ3v) is 5.12. The molecule has 4 rings (SSSR count). The number of hydrogen-bond donors (Lipinski definition) is 2. The average Bonchev–Trinajstić information content (AvgIpc) is 2.70. The molecule has 0 spiro atoms. The van der Waals surface area contributed by atoms with Crippen molar-refractivity contribution in [3.05, 3.63) is 60.3 Å². The van der Waals surface area contributed by atoms with Gasteiger partial charge in [-0.15, -0.1) is 5.10 Å². The zero-order chi connectivity index (χ0) is 19.3. The Labute approximate surface area is 166 Å². The molecule has 0 unspecified atom stereocenters. The number of nitrogens with one attached hydrogen (secondary N) is 2. The monoisotopic (exact) mass is 374 g/mol. The summed E-state index contributed by atoms with van der Waals surface area (Å²) < 4.78 is 0. The standard InChI is InChI=1S/C22H26N6/c1-16-10-12-28(13-11-16)20-8-6-18(7-9-20)25-22-26-21(15-23-27-22)24-19-5-3-4-17(2)14-19/h3-9,14-16H,10-13H2,1-2H3,(H2,24,25,26,27). The van der Waals surface area contributed by atoms with Crippen LogP contribution in [0, 0.1) is 12.8 Å². The average molecular weight is 374 g/mol. The summed E-state index contributed by atoms with van der Waals surface area (Å²) in [6.45, 7) is 6.66. The quantitative estimate of drug-likeness (QED) is 0.662. The van der Waals surface area contributed by atoms with Gasteiger partial charge in [0.15, 0.2) is 5.82 Å². The van der Waals surface area contributed by atoms with Gasteiger partial charge < -0.3 is 15.5 Å². The Morgan fingerprint density at radius 1 is 0.964 bits per heavy atom. The van der Waals surface area contributed by atoms with Crippen LogP contribution in [0.15, 0.2) is 54.7 Å². The Balaban J connectivity index is 1.41. The molecule has 1 fully saturated rings. The van der Waals surface area contributed by atoms with Crippen LogP contribution in [-0.2, 0) is 0 Å². The van der Waals surface area contributed by atoms with E-state index in [1.807, 2.05) is 12.1 Å². The van der Waals surface area contributed by atoms with Crippen molar-refractivity contribution in [3.8, 4) is 0 Å². The van der Waals surface area contributed by atoms with Crippen LogP contribution in [0.5, 0.6) is 0 Å². The molecule has 0 radical (unpaired) electrons. The number of anilines is 5. The van der Waals surface area contributed by atoms with E-state index in [1.54, 1.807) is 6.20 Å². The highest BCUT2D eigenvalue weighted by atomic mass is 15.3. The summed E-state index contributed by atoms with van der Waals surface area (Å²) in [7, 11) is 0. The van der Waals surface area contributed by atoms with Crippen molar-refractivity contribution >= 4 is 28.8 Å². The lowest BCUT2D eigenvalue weighted by atomic mass is 9.99. The predicted molar refractivity (Wildman–Crippen MR) is 115 cm³/mol. The Morgan fingerprint density at radius 3 is 2.50 bits per heavy atom. The normalized spacial score (nSPS) is 14.7. The van der Waals surface area contributed by atoms with E-state index in [4.69, 9.17) is 0 Å². The largest absolute Gasteiger partial charge is 0.372 e. The summed E-state index contributed by atoms with van der Waals surface area (Å²) >= 11 is 0. The molecule has 6 heteroatoms. The topological polar surface area (TPSA) is 66.0 Å². The van der Waals surface area contributed by atoms with Crippen LogP contribution in [0.4, 0.5) is 28.8 Å². The van der Waals surface area contributed by atoms with Crippen LogP contribution in [0.2, 0.25) is 0 Å². The lowest BCUT2D eigenvalue weighted by Gasteiger charge is -2.32. The first kappa shape index (κ1) is 18.2. The number of rotatable bonds is 5. The van der Waals surface area contributed by atoms with Gasteiger partial charge in [0.05, 0.1) is 6.20 Å². The van der Waals surface area contributed by atoms with Gasteiger partial charge in [-0.3, -0.25) is 0 Å². The molecule has 144 valence electrons. The van der Waals surface area contributed by atoms with E-state index in [2.05, 4.69) is 81.0 Å². The number of aromatic nitrogens is 3. The molecule has 0 aliphatic carbocycles. The van der Waals surface area contributed by atoms with E-state index in [0.29, 0.717) is 11.8 Å². The molecule has 6 nitrogen and oxygen atoms in total. The van der Waals surface area contributed by atoms with Crippen LogP contribution in [0.1, 0.15) is 25.3 Å². The van der Waals surface area contributed by atoms with Gasteiger partial charge in [0.2, 0.25) is 5.95 Å². The highest BCUT2D eigenvalue weighted by Crippen LogP contribution is 2.25. The van der Waals surface area contributed by atoms with Gasteiger partial charge >= 0.3 is 0 Å². The number of piperidine rings is 1. The molecule has 1 aromatic heterocycles. The molecule has 0 saturated carbocycles. The van der Waals surface area contributed by atoms with E-state index in [-0.39, 0.29) is 0 Å². The Morgan fingerprint density at radius 2 is 1.75 bits per heavy atom. The molecule has 3 aromatic rings. The molecule has 2 heterocycles. The van der Waals surface area contributed by atoms with E-state index in [0.717, 1.165) is 30.4 Å². The second kappa shape index (κ2) is 8.25. The van der Waals surface area contributed by atoms with Crippen molar-refractivity contribution in [2.45, 2.75) is 26.7 Å². The molecule has 1 aliphatic rings. The maximum atomic E-state index is 4.51. The van der Waals surface area contributed by atoms with Gasteiger partial charge in [0, 0.05) is 30.2 Å². The van der Waals surface area contributed by atoms with Crippen LogP contribution >= 0.6 is 0 Å². The summed E-state index contributed by atoms with van der Waals surface area (Å²) in [6.07, 6.45) is 4.15.